The number of aliphatic hydroxyl groups is 1. The molecule has 1 aliphatic rings. The molecule has 0 unspecified atom stereocenters. The highest BCUT2D eigenvalue weighted by atomic mass is 32.2. The summed E-state index contributed by atoms with van der Waals surface area (Å²) in [5.41, 5.74) is 1.26. The smallest absolute Gasteiger partial charge is 0.267 e. The van der Waals surface area contributed by atoms with Crippen LogP contribution in [0.3, 0.4) is 0 Å². The molecule has 1 fully saturated rings. The first-order valence-electron chi connectivity index (χ1n) is 10.1. The molecule has 1 aliphatic heterocycles. The quantitative estimate of drug-likeness (QED) is 0.401. The molecule has 0 radical (unpaired) electrons. The van der Waals surface area contributed by atoms with Crippen molar-refractivity contribution in [2.45, 2.75) is 32.9 Å². The Morgan fingerprint density at radius 2 is 2.16 bits per heavy atom. The van der Waals surface area contributed by atoms with Crippen molar-refractivity contribution in [1.82, 2.24) is 14.3 Å². The van der Waals surface area contributed by atoms with Gasteiger partial charge in [-0.2, -0.15) is 0 Å². The van der Waals surface area contributed by atoms with Crippen molar-refractivity contribution in [3.8, 4) is 0 Å². The van der Waals surface area contributed by atoms with Gasteiger partial charge in [0.25, 0.3) is 11.5 Å². The zero-order chi connectivity index (χ0) is 22.8. The average Bonchev–Trinajstić information content (AvgIpc) is 3.39. The predicted molar refractivity (Wildman–Crippen MR) is 128 cm³/mol. The summed E-state index contributed by atoms with van der Waals surface area (Å²) in [5.74, 6) is 0.633. The topological polar surface area (TPSA) is 100 Å². The fraction of sp³-hybridized carbons (Fsp3) is 0.273. The minimum Gasteiger partial charge on any atom is -0.467 e. The third-order valence-electron chi connectivity index (χ3n) is 5.18. The van der Waals surface area contributed by atoms with E-state index in [4.69, 9.17) is 16.6 Å². The van der Waals surface area contributed by atoms with Gasteiger partial charge >= 0.3 is 0 Å². The Kier molecular flexibility index (Phi) is 6.45. The molecule has 1 amide bonds. The number of nitrogens with zero attached hydrogens (tertiary/aromatic N) is 3. The number of hydrogen-bond donors (Lipinski definition) is 2. The molecule has 166 valence electrons. The number of hydrogen-bond acceptors (Lipinski definition) is 8. The SMILES string of the molecule is CC[C@H](CO)Nc1nc2c(C)cccn2c(=O)c1/C=C1/SC(=S)N(Cc2ccco2)C1=O. The lowest BCUT2D eigenvalue weighted by molar-refractivity contribution is -0.122. The summed E-state index contributed by atoms with van der Waals surface area (Å²) in [6.07, 6.45) is 5.34. The van der Waals surface area contributed by atoms with E-state index in [0.29, 0.717) is 32.9 Å². The highest BCUT2D eigenvalue weighted by Gasteiger charge is 2.33. The number of thiocarbonyl (C=S) groups is 1. The van der Waals surface area contributed by atoms with E-state index in [0.717, 1.165) is 17.3 Å². The minimum absolute atomic E-state index is 0.115. The lowest BCUT2D eigenvalue weighted by Gasteiger charge is -2.17. The van der Waals surface area contributed by atoms with Crippen LogP contribution in [-0.2, 0) is 11.3 Å². The second-order valence-electron chi connectivity index (χ2n) is 7.34. The monoisotopic (exact) mass is 470 g/mol. The number of carbonyl (C=O) groups excluding carboxylic acids is 1. The lowest BCUT2D eigenvalue weighted by Crippen LogP contribution is -2.28. The van der Waals surface area contributed by atoms with Crippen molar-refractivity contribution in [3.05, 3.63) is 68.9 Å². The van der Waals surface area contributed by atoms with Crippen LogP contribution >= 0.6 is 24.0 Å². The molecule has 8 nitrogen and oxygen atoms in total. The van der Waals surface area contributed by atoms with Gasteiger partial charge in [-0.3, -0.25) is 18.9 Å². The molecule has 32 heavy (non-hydrogen) atoms. The number of aromatic nitrogens is 2. The number of furan rings is 1. The molecule has 10 heteroatoms. The van der Waals surface area contributed by atoms with Gasteiger partial charge in [-0.1, -0.05) is 37.0 Å². The maximum atomic E-state index is 13.4. The molecule has 4 rings (SSSR count). The second-order valence-corrected chi connectivity index (χ2v) is 9.02. The van der Waals surface area contributed by atoms with Crippen LogP contribution in [0.25, 0.3) is 11.7 Å². The maximum absolute atomic E-state index is 13.4. The summed E-state index contributed by atoms with van der Waals surface area (Å²) in [5, 5.41) is 12.8. The Labute approximate surface area is 193 Å². The number of thioether (sulfide) groups is 1. The first-order chi connectivity index (χ1) is 15.4. The molecule has 0 aliphatic carbocycles. The van der Waals surface area contributed by atoms with E-state index in [9.17, 15) is 14.7 Å². The van der Waals surface area contributed by atoms with Crippen LogP contribution in [0.5, 0.6) is 0 Å². The molecule has 0 bridgehead atoms. The van der Waals surface area contributed by atoms with E-state index in [1.165, 1.54) is 21.6 Å². The maximum Gasteiger partial charge on any atom is 0.267 e. The highest BCUT2D eigenvalue weighted by Crippen LogP contribution is 2.34. The van der Waals surface area contributed by atoms with Gasteiger partial charge in [-0.05, 0) is 43.2 Å². The van der Waals surface area contributed by atoms with Gasteiger partial charge in [0, 0.05) is 6.20 Å². The number of fused-ring (bicyclic) bond motifs is 1. The molecule has 0 saturated carbocycles. The van der Waals surface area contributed by atoms with Crippen LogP contribution in [-0.4, -0.2) is 42.3 Å². The Morgan fingerprint density at radius 3 is 2.84 bits per heavy atom. The van der Waals surface area contributed by atoms with E-state index in [-0.39, 0.29) is 36.2 Å². The largest absolute Gasteiger partial charge is 0.467 e. The third kappa shape index (κ3) is 4.21. The van der Waals surface area contributed by atoms with Crippen molar-refractivity contribution in [1.29, 1.82) is 0 Å². The number of amides is 1. The van der Waals surface area contributed by atoms with E-state index >= 15 is 0 Å². The average molecular weight is 471 g/mol. The molecule has 0 spiro atoms. The molecule has 2 N–H and O–H groups in total. The zero-order valence-electron chi connectivity index (χ0n) is 17.6. The number of nitrogens with one attached hydrogen (secondary N) is 1. The summed E-state index contributed by atoms with van der Waals surface area (Å²) in [4.78, 5) is 32.8. The van der Waals surface area contributed by atoms with E-state index in [2.05, 4.69) is 10.3 Å². The highest BCUT2D eigenvalue weighted by molar-refractivity contribution is 8.26. The standard InChI is InChI=1S/C22H22N4O4S2/c1-3-14(12-27)23-18-16(20(28)25-8-4-6-13(2)19(25)24-18)10-17-21(29)26(22(31)32-17)11-15-7-5-9-30-15/h4-10,14,23,27H,3,11-12H2,1-2H3/b17-10+/t14-/m1/s1. The van der Waals surface area contributed by atoms with Crippen molar-refractivity contribution in [2.24, 2.45) is 0 Å². The Morgan fingerprint density at radius 1 is 1.34 bits per heavy atom. The molecule has 1 saturated heterocycles. The van der Waals surface area contributed by atoms with Crippen LogP contribution in [0.4, 0.5) is 5.82 Å². The molecule has 1 atom stereocenters. The second kappa shape index (κ2) is 9.27. The Hall–Kier alpha value is -2.95. The summed E-state index contributed by atoms with van der Waals surface area (Å²) < 4.78 is 7.17. The fourth-order valence-corrected chi connectivity index (χ4v) is 4.58. The van der Waals surface area contributed by atoms with Gasteiger partial charge in [0.15, 0.2) is 0 Å². The normalized spacial score (nSPS) is 16.3. The first-order valence-corrected chi connectivity index (χ1v) is 11.3. The zero-order valence-corrected chi connectivity index (χ0v) is 19.2. The number of anilines is 1. The van der Waals surface area contributed by atoms with Crippen molar-refractivity contribution in [2.75, 3.05) is 11.9 Å². The molecule has 0 aromatic carbocycles. The lowest BCUT2D eigenvalue weighted by atomic mass is 10.2. The number of carbonyl (C=O) groups is 1. The number of aliphatic hydroxyl groups excluding tert-OH is 1. The van der Waals surface area contributed by atoms with E-state index < -0.39 is 0 Å². The van der Waals surface area contributed by atoms with Crippen molar-refractivity contribution >= 4 is 51.7 Å². The van der Waals surface area contributed by atoms with Gasteiger partial charge in [0.2, 0.25) is 0 Å². The number of rotatable bonds is 7. The van der Waals surface area contributed by atoms with Gasteiger partial charge < -0.3 is 14.8 Å². The molecular formula is C22H22N4O4S2. The van der Waals surface area contributed by atoms with Crippen LogP contribution in [0, 0.1) is 6.92 Å². The van der Waals surface area contributed by atoms with Gasteiger partial charge in [-0.15, -0.1) is 0 Å². The van der Waals surface area contributed by atoms with Crippen LogP contribution in [0.2, 0.25) is 0 Å². The molecule has 3 aromatic rings. The fourth-order valence-electron chi connectivity index (χ4n) is 3.35. The summed E-state index contributed by atoms with van der Waals surface area (Å²) in [7, 11) is 0. The predicted octanol–water partition coefficient (Wildman–Crippen LogP) is 3.18. The van der Waals surface area contributed by atoms with E-state index in [1.807, 2.05) is 19.9 Å². The van der Waals surface area contributed by atoms with Crippen LogP contribution in [0.1, 0.15) is 30.2 Å². The van der Waals surface area contributed by atoms with Crippen LogP contribution in [0.15, 0.2) is 50.8 Å². The van der Waals surface area contributed by atoms with Crippen molar-refractivity contribution in [3.63, 3.8) is 0 Å². The Balaban J connectivity index is 1.79. The molecule has 3 aromatic heterocycles. The van der Waals surface area contributed by atoms with Crippen molar-refractivity contribution < 1.29 is 14.3 Å². The van der Waals surface area contributed by atoms with E-state index in [1.54, 1.807) is 24.4 Å². The number of pyridine rings is 1. The summed E-state index contributed by atoms with van der Waals surface area (Å²) in [6, 6.07) is 6.87. The summed E-state index contributed by atoms with van der Waals surface area (Å²) >= 11 is 6.52. The number of aryl methyl sites for hydroxylation is 1. The van der Waals surface area contributed by atoms with Gasteiger partial charge in [0.1, 0.15) is 21.5 Å². The third-order valence-corrected chi connectivity index (χ3v) is 6.56. The Bertz CT molecular complexity index is 1260. The molecule has 4 heterocycles. The minimum atomic E-state index is -0.315. The summed E-state index contributed by atoms with van der Waals surface area (Å²) in [6.45, 7) is 3.90. The van der Waals surface area contributed by atoms with Crippen LogP contribution < -0.4 is 10.9 Å². The van der Waals surface area contributed by atoms with Gasteiger partial charge in [-0.25, -0.2) is 4.98 Å². The molecular weight excluding hydrogens is 448 g/mol. The van der Waals surface area contributed by atoms with Gasteiger partial charge in [0.05, 0.1) is 35.9 Å². The first kappa shape index (κ1) is 22.3.